The Labute approximate surface area is 112 Å². The summed E-state index contributed by atoms with van der Waals surface area (Å²) in [6.45, 7) is 3.88. The summed E-state index contributed by atoms with van der Waals surface area (Å²) in [5.41, 5.74) is 2.77. The van der Waals surface area contributed by atoms with Gasteiger partial charge in [0.15, 0.2) is 0 Å². The number of anilines is 1. The molecule has 0 atom stereocenters. The summed E-state index contributed by atoms with van der Waals surface area (Å²) in [6, 6.07) is 15.0. The fraction of sp³-hybridized carbons (Fsp3) is 0.250. The van der Waals surface area contributed by atoms with E-state index in [1.807, 2.05) is 30.3 Å². The molecule has 1 aliphatic heterocycles. The molecular formula is C16H17FN2. The molecule has 2 aromatic rings. The van der Waals surface area contributed by atoms with E-state index in [-0.39, 0.29) is 5.82 Å². The van der Waals surface area contributed by atoms with E-state index in [0.717, 1.165) is 37.4 Å². The molecule has 1 N–H and O–H groups in total. The van der Waals surface area contributed by atoms with Gasteiger partial charge in [-0.2, -0.15) is 0 Å². The molecule has 2 nitrogen and oxygen atoms in total. The lowest BCUT2D eigenvalue weighted by atomic mass is 10.0. The summed E-state index contributed by atoms with van der Waals surface area (Å²) in [6.07, 6.45) is 0. The summed E-state index contributed by atoms with van der Waals surface area (Å²) in [7, 11) is 0. The zero-order chi connectivity index (χ0) is 13.1. The van der Waals surface area contributed by atoms with E-state index in [4.69, 9.17) is 0 Å². The Morgan fingerprint density at radius 1 is 0.842 bits per heavy atom. The van der Waals surface area contributed by atoms with Gasteiger partial charge in [-0.3, -0.25) is 0 Å². The zero-order valence-electron chi connectivity index (χ0n) is 10.8. The molecule has 1 aliphatic rings. The van der Waals surface area contributed by atoms with Crippen molar-refractivity contribution in [3.05, 3.63) is 54.3 Å². The topological polar surface area (TPSA) is 15.3 Å². The lowest BCUT2D eigenvalue weighted by Gasteiger charge is -2.31. The molecule has 98 valence electrons. The van der Waals surface area contributed by atoms with Crippen LogP contribution in [0.3, 0.4) is 0 Å². The van der Waals surface area contributed by atoms with Gasteiger partial charge in [0.05, 0.1) is 0 Å². The van der Waals surface area contributed by atoms with Gasteiger partial charge in [-0.1, -0.05) is 36.4 Å². The van der Waals surface area contributed by atoms with Crippen LogP contribution in [0, 0.1) is 5.82 Å². The molecule has 0 bridgehead atoms. The largest absolute Gasteiger partial charge is 0.368 e. The standard InChI is InChI=1S/C16H17FN2/c17-15-7-3-1-5-13(15)14-6-2-4-8-16(14)19-11-9-18-10-12-19/h1-8,18H,9-12H2. The van der Waals surface area contributed by atoms with Crippen LogP contribution in [-0.2, 0) is 0 Å². The van der Waals surface area contributed by atoms with Crippen molar-refractivity contribution < 1.29 is 4.39 Å². The monoisotopic (exact) mass is 256 g/mol. The van der Waals surface area contributed by atoms with Crippen LogP contribution in [0.2, 0.25) is 0 Å². The molecule has 0 aromatic heterocycles. The highest BCUT2D eigenvalue weighted by atomic mass is 19.1. The smallest absolute Gasteiger partial charge is 0.131 e. The second kappa shape index (κ2) is 5.41. The molecule has 0 aliphatic carbocycles. The van der Waals surface area contributed by atoms with E-state index in [1.54, 1.807) is 6.07 Å². The first kappa shape index (κ1) is 12.2. The van der Waals surface area contributed by atoms with Crippen molar-refractivity contribution in [2.45, 2.75) is 0 Å². The molecule has 0 radical (unpaired) electrons. The quantitative estimate of drug-likeness (QED) is 0.888. The molecule has 3 rings (SSSR count). The fourth-order valence-electron chi connectivity index (χ4n) is 2.56. The third-order valence-electron chi connectivity index (χ3n) is 3.53. The van der Waals surface area contributed by atoms with E-state index in [2.05, 4.69) is 16.3 Å². The van der Waals surface area contributed by atoms with Gasteiger partial charge in [0.1, 0.15) is 5.82 Å². The van der Waals surface area contributed by atoms with Gasteiger partial charge in [-0.25, -0.2) is 4.39 Å². The summed E-state index contributed by atoms with van der Waals surface area (Å²) >= 11 is 0. The summed E-state index contributed by atoms with van der Waals surface area (Å²) in [5.74, 6) is -0.162. The van der Waals surface area contributed by atoms with Gasteiger partial charge in [0, 0.05) is 43.0 Å². The first-order chi connectivity index (χ1) is 9.36. The predicted molar refractivity (Wildman–Crippen MR) is 76.9 cm³/mol. The molecule has 0 saturated carbocycles. The van der Waals surface area contributed by atoms with Crippen molar-refractivity contribution in [1.29, 1.82) is 0 Å². The maximum Gasteiger partial charge on any atom is 0.131 e. The molecular weight excluding hydrogens is 239 g/mol. The van der Waals surface area contributed by atoms with E-state index in [9.17, 15) is 4.39 Å². The third kappa shape index (κ3) is 2.47. The number of rotatable bonds is 2. The number of benzene rings is 2. The Morgan fingerprint density at radius 3 is 2.21 bits per heavy atom. The van der Waals surface area contributed by atoms with Gasteiger partial charge in [-0.05, 0) is 12.1 Å². The van der Waals surface area contributed by atoms with Crippen molar-refractivity contribution >= 4 is 5.69 Å². The maximum absolute atomic E-state index is 14.0. The van der Waals surface area contributed by atoms with Gasteiger partial charge < -0.3 is 10.2 Å². The lowest BCUT2D eigenvalue weighted by molar-refractivity contribution is 0.589. The number of hydrogen-bond acceptors (Lipinski definition) is 2. The average Bonchev–Trinajstić information content (AvgIpc) is 2.49. The first-order valence-corrected chi connectivity index (χ1v) is 6.66. The van der Waals surface area contributed by atoms with Crippen LogP contribution in [0.25, 0.3) is 11.1 Å². The van der Waals surface area contributed by atoms with Crippen molar-refractivity contribution in [1.82, 2.24) is 5.32 Å². The van der Waals surface area contributed by atoms with Crippen molar-refractivity contribution in [3.8, 4) is 11.1 Å². The third-order valence-corrected chi connectivity index (χ3v) is 3.53. The number of nitrogens with zero attached hydrogens (tertiary/aromatic N) is 1. The average molecular weight is 256 g/mol. The molecule has 0 amide bonds. The SMILES string of the molecule is Fc1ccccc1-c1ccccc1N1CCNCC1. The highest BCUT2D eigenvalue weighted by Crippen LogP contribution is 2.32. The van der Waals surface area contributed by atoms with Crippen LogP contribution in [0.4, 0.5) is 10.1 Å². The molecule has 3 heteroatoms. The minimum atomic E-state index is -0.162. The molecule has 0 unspecified atom stereocenters. The highest BCUT2D eigenvalue weighted by Gasteiger charge is 2.16. The van der Waals surface area contributed by atoms with E-state index in [0.29, 0.717) is 5.56 Å². The van der Waals surface area contributed by atoms with E-state index >= 15 is 0 Å². The van der Waals surface area contributed by atoms with Crippen LogP contribution in [0.15, 0.2) is 48.5 Å². The minimum Gasteiger partial charge on any atom is -0.368 e. The number of nitrogens with one attached hydrogen (secondary N) is 1. The second-order valence-electron chi connectivity index (χ2n) is 4.73. The van der Waals surface area contributed by atoms with Crippen molar-refractivity contribution in [2.75, 3.05) is 31.1 Å². The highest BCUT2D eigenvalue weighted by molar-refractivity contribution is 5.79. The second-order valence-corrected chi connectivity index (χ2v) is 4.73. The van der Waals surface area contributed by atoms with Crippen LogP contribution in [0.1, 0.15) is 0 Å². The first-order valence-electron chi connectivity index (χ1n) is 6.66. The lowest BCUT2D eigenvalue weighted by Crippen LogP contribution is -2.43. The summed E-state index contributed by atoms with van der Waals surface area (Å²) < 4.78 is 14.0. The van der Waals surface area contributed by atoms with Gasteiger partial charge >= 0.3 is 0 Å². The van der Waals surface area contributed by atoms with Gasteiger partial charge in [-0.15, -0.1) is 0 Å². The Hall–Kier alpha value is -1.87. The zero-order valence-corrected chi connectivity index (χ0v) is 10.8. The number of hydrogen-bond donors (Lipinski definition) is 1. The number of para-hydroxylation sites is 1. The van der Waals surface area contributed by atoms with Gasteiger partial charge in [0.25, 0.3) is 0 Å². The summed E-state index contributed by atoms with van der Waals surface area (Å²) in [5, 5.41) is 3.34. The van der Waals surface area contributed by atoms with Crippen LogP contribution >= 0.6 is 0 Å². The minimum absolute atomic E-state index is 0.162. The molecule has 1 heterocycles. The number of halogens is 1. The Balaban J connectivity index is 2.04. The Bertz CT molecular complexity index is 562. The number of piperazine rings is 1. The molecule has 1 fully saturated rings. The Kier molecular flexibility index (Phi) is 3.47. The maximum atomic E-state index is 14.0. The van der Waals surface area contributed by atoms with Crippen LogP contribution in [0.5, 0.6) is 0 Å². The van der Waals surface area contributed by atoms with E-state index in [1.165, 1.54) is 6.07 Å². The van der Waals surface area contributed by atoms with Crippen molar-refractivity contribution in [2.24, 2.45) is 0 Å². The molecule has 0 spiro atoms. The van der Waals surface area contributed by atoms with Crippen LogP contribution < -0.4 is 10.2 Å². The van der Waals surface area contributed by atoms with E-state index < -0.39 is 0 Å². The van der Waals surface area contributed by atoms with Crippen LogP contribution in [-0.4, -0.2) is 26.2 Å². The molecule has 19 heavy (non-hydrogen) atoms. The summed E-state index contributed by atoms with van der Waals surface area (Å²) in [4.78, 5) is 2.32. The Morgan fingerprint density at radius 2 is 1.47 bits per heavy atom. The fourth-order valence-corrected chi connectivity index (χ4v) is 2.56. The molecule has 2 aromatic carbocycles. The normalized spacial score (nSPS) is 15.5. The van der Waals surface area contributed by atoms with Gasteiger partial charge in [0.2, 0.25) is 0 Å². The molecule has 1 saturated heterocycles. The van der Waals surface area contributed by atoms with Crippen molar-refractivity contribution in [3.63, 3.8) is 0 Å². The predicted octanol–water partition coefficient (Wildman–Crippen LogP) is 2.90.